The molecule has 8 heavy (non-hydrogen) atoms. The van der Waals surface area contributed by atoms with E-state index in [9.17, 15) is 4.20 Å². The molecule has 0 heterocycles. The minimum absolute atomic E-state index is 0. The van der Waals surface area contributed by atoms with Gasteiger partial charge in [0.25, 0.3) is 0 Å². The van der Waals surface area contributed by atoms with Crippen molar-refractivity contribution in [3.05, 3.63) is 0 Å². The fraction of sp³-hybridized carbons (Fsp3) is 0. The predicted molar refractivity (Wildman–Crippen MR) is 14.3 cm³/mol. The summed E-state index contributed by atoms with van der Waals surface area (Å²) >= 11 is 0. The van der Waals surface area contributed by atoms with Crippen LogP contribution in [0.15, 0.2) is 0 Å². The van der Waals surface area contributed by atoms with E-state index in [4.69, 9.17) is 14.4 Å². The molecule has 0 aromatic carbocycles. The molecule has 0 unspecified atom stereocenters. The monoisotopic (exact) mass is 235 g/mol. The van der Waals surface area contributed by atoms with Crippen molar-refractivity contribution in [2.24, 2.45) is 0 Å². The van der Waals surface area contributed by atoms with E-state index in [0.717, 1.165) is 0 Å². The first-order chi connectivity index (χ1) is 2.00. The predicted octanol–water partition coefficient (Wildman–Crippen LogP) is -2.84. The van der Waals surface area contributed by atoms with Crippen molar-refractivity contribution >= 4 is 7.91 Å². The Hall–Kier alpha value is 2.12. The number of hydrogen-bond donors (Lipinski definition) is 2. The van der Waals surface area contributed by atoms with Gasteiger partial charge in [0.1, 0.15) is 0 Å². The van der Waals surface area contributed by atoms with Crippen LogP contribution in [0.1, 0.15) is 1.43 Å². The maximum Gasteiger partial charge on any atom is 1.00 e. The quantitative estimate of drug-likeness (QED) is 0.351. The Labute approximate surface area is 90.8 Å². The molecule has 0 spiro atoms. The van der Waals surface area contributed by atoms with Gasteiger partial charge in [-0.15, -0.1) is 4.20 Å². The van der Waals surface area contributed by atoms with Crippen LogP contribution in [0.25, 0.3) is 0 Å². The SMILES string of the molecule is O=P(O)(O)F.[Fe].[H-].[Mn].[Na+]. The minimum Gasteiger partial charge on any atom is -1.00 e. The van der Waals surface area contributed by atoms with Crippen LogP contribution >= 0.6 is 7.91 Å². The second kappa shape index (κ2) is 9.12. The zero-order valence-electron chi connectivity index (χ0n) is 4.86. The van der Waals surface area contributed by atoms with Crippen LogP contribution in [0.4, 0.5) is 4.20 Å². The molecule has 2 N–H and O–H groups in total. The van der Waals surface area contributed by atoms with Crippen LogP contribution in [0.3, 0.4) is 0 Å². The van der Waals surface area contributed by atoms with Crippen molar-refractivity contribution in [2.75, 3.05) is 0 Å². The zero-order valence-corrected chi connectivity index (χ0v) is 9.04. The van der Waals surface area contributed by atoms with E-state index >= 15 is 0 Å². The van der Waals surface area contributed by atoms with E-state index in [0.29, 0.717) is 0 Å². The summed E-state index contributed by atoms with van der Waals surface area (Å²) in [7, 11) is -5.14. The van der Waals surface area contributed by atoms with Gasteiger partial charge in [0, 0.05) is 34.1 Å². The molecule has 0 amide bonds. The van der Waals surface area contributed by atoms with Gasteiger partial charge in [0.15, 0.2) is 0 Å². The molecule has 0 aliphatic heterocycles. The van der Waals surface area contributed by atoms with Gasteiger partial charge in [-0.2, -0.15) is 0 Å². The van der Waals surface area contributed by atoms with Gasteiger partial charge in [-0.05, 0) is 0 Å². The molecular formula is H3FFeMnNaO3P. The second-order valence-electron chi connectivity index (χ2n) is 0.473. The van der Waals surface area contributed by atoms with E-state index in [-0.39, 0.29) is 65.1 Å². The third kappa shape index (κ3) is 91.6. The van der Waals surface area contributed by atoms with Gasteiger partial charge in [0.2, 0.25) is 0 Å². The Bertz CT molecular complexity index is 69.9. The van der Waals surface area contributed by atoms with Gasteiger partial charge < -0.3 is 1.43 Å². The van der Waals surface area contributed by atoms with Gasteiger partial charge in [0.05, 0.1) is 0 Å². The van der Waals surface area contributed by atoms with Crippen molar-refractivity contribution in [3.63, 3.8) is 0 Å². The molecule has 0 atom stereocenters. The summed E-state index contributed by atoms with van der Waals surface area (Å²) in [5.41, 5.74) is 0. The Morgan fingerprint density at radius 3 is 1.50 bits per heavy atom. The van der Waals surface area contributed by atoms with Crippen molar-refractivity contribution in [3.8, 4) is 0 Å². The standard InChI is InChI=1S/FH2O3P.Fe.Mn.Na.H/c1-5(2,3)4;;;;/h(H2,2,3,4);;;;/q;;;+1;-1. The van der Waals surface area contributed by atoms with Crippen LogP contribution in [0.2, 0.25) is 0 Å². The van der Waals surface area contributed by atoms with Crippen molar-refractivity contribution in [1.29, 1.82) is 0 Å². The molecule has 0 aliphatic carbocycles. The third-order valence-corrected chi connectivity index (χ3v) is 0. The largest absolute Gasteiger partial charge is 1.00 e. The average molecular weight is 235 g/mol. The average Bonchev–Trinajstić information content (AvgIpc) is 0.722. The number of rotatable bonds is 0. The molecule has 0 bridgehead atoms. The first-order valence-electron chi connectivity index (χ1n) is 0.752. The molecule has 49 valence electrons. The van der Waals surface area contributed by atoms with Gasteiger partial charge >= 0.3 is 37.5 Å². The topological polar surface area (TPSA) is 57.5 Å². The maximum absolute atomic E-state index is 10.4. The number of halogens is 1. The van der Waals surface area contributed by atoms with E-state index in [1.807, 2.05) is 0 Å². The molecule has 0 saturated carbocycles. The van der Waals surface area contributed by atoms with Crippen LogP contribution < -0.4 is 29.6 Å². The summed E-state index contributed by atoms with van der Waals surface area (Å²) in [5.74, 6) is 0. The van der Waals surface area contributed by atoms with Crippen molar-refractivity contribution < 1.29 is 83.7 Å². The maximum atomic E-state index is 10.4. The van der Waals surface area contributed by atoms with Crippen LogP contribution in [-0.4, -0.2) is 9.79 Å². The normalized spacial score (nSPS) is 7.38. The summed E-state index contributed by atoms with van der Waals surface area (Å²) in [6, 6.07) is 0. The van der Waals surface area contributed by atoms with E-state index in [1.165, 1.54) is 0 Å². The number of hydrogen-bond acceptors (Lipinski definition) is 1. The summed E-state index contributed by atoms with van der Waals surface area (Å²) in [4.78, 5) is 13.9. The molecule has 3 nitrogen and oxygen atoms in total. The molecule has 0 aromatic rings. The fourth-order valence-corrected chi connectivity index (χ4v) is 0. The molecule has 0 aliphatic rings. The minimum atomic E-state index is -5.14. The van der Waals surface area contributed by atoms with Gasteiger partial charge in [-0.1, -0.05) is 0 Å². The summed E-state index contributed by atoms with van der Waals surface area (Å²) in [6.07, 6.45) is 0. The molecule has 1 radical (unpaired) electrons. The summed E-state index contributed by atoms with van der Waals surface area (Å²) in [5, 5.41) is 0. The Morgan fingerprint density at radius 1 is 1.50 bits per heavy atom. The van der Waals surface area contributed by atoms with E-state index in [2.05, 4.69) is 0 Å². The Kier molecular flexibility index (Phi) is 25.6. The fourth-order valence-electron chi connectivity index (χ4n) is 0. The van der Waals surface area contributed by atoms with Crippen molar-refractivity contribution in [1.82, 2.24) is 0 Å². The van der Waals surface area contributed by atoms with E-state index in [1.54, 1.807) is 0 Å². The van der Waals surface area contributed by atoms with Gasteiger partial charge in [-0.25, -0.2) is 4.57 Å². The zero-order chi connectivity index (χ0) is 4.50. The Morgan fingerprint density at radius 2 is 1.50 bits per heavy atom. The smallest absolute Gasteiger partial charge is 1.00 e. The molecule has 0 rings (SSSR count). The first-order valence-corrected chi connectivity index (χ1v) is 2.25. The van der Waals surface area contributed by atoms with E-state index < -0.39 is 7.91 Å². The summed E-state index contributed by atoms with van der Waals surface area (Å²) in [6.45, 7) is 0. The van der Waals surface area contributed by atoms with Crippen LogP contribution in [0, 0.1) is 0 Å². The first kappa shape index (κ1) is 22.5. The van der Waals surface area contributed by atoms with Crippen LogP contribution in [0.5, 0.6) is 0 Å². The molecular weight excluding hydrogens is 232 g/mol. The summed E-state index contributed by atoms with van der Waals surface area (Å²) < 4.78 is 19.0. The molecule has 8 heteroatoms. The second-order valence-corrected chi connectivity index (χ2v) is 1.42. The third-order valence-electron chi connectivity index (χ3n) is 0. The molecule has 0 saturated heterocycles. The van der Waals surface area contributed by atoms with Gasteiger partial charge in [-0.3, -0.25) is 9.79 Å². The molecule has 0 aromatic heterocycles. The van der Waals surface area contributed by atoms with Crippen LogP contribution in [-0.2, 0) is 38.7 Å². The van der Waals surface area contributed by atoms with Crippen molar-refractivity contribution in [2.45, 2.75) is 0 Å². The Balaban J connectivity index is -0.0000000133. The molecule has 0 fully saturated rings.